The molecule has 0 saturated heterocycles. The van der Waals surface area contributed by atoms with Gasteiger partial charge in [-0.3, -0.25) is 4.90 Å². The second kappa shape index (κ2) is 8.15. The van der Waals surface area contributed by atoms with E-state index in [0.29, 0.717) is 17.9 Å². The van der Waals surface area contributed by atoms with Gasteiger partial charge in [-0.25, -0.2) is 17.7 Å². The van der Waals surface area contributed by atoms with Gasteiger partial charge in [0.15, 0.2) is 0 Å². The molecule has 1 aromatic carbocycles. The number of hydrogen-bond acceptors (Lipinski definition) is 4. The van der Waals surface area contributed by atoms with E-state index in [4.69, 9.17) is 0 Å². The van der Waals surface area contributed by atoms with Crippen LogP contribution in [0.25, 0.3) is 11.0 Å². The topological polar surface area (TPSA) is 58.4 Å². The van der Waals surface area contributed by atoms with Crippen LogP contribution >= 0.6 is 0 Å². The number of fused-ring (bicyclic) bond motifs is 1. The molecule has 0 atom stereocenters. The summed E-state index contributed by atoms with van der Waals surface area (Å²) >= 11 is 0. The molecule has 1 aromatic heterocycles. The van der Waals surface area contributed by atoms with Gasteiger partial charge in [-0.2, -0.15) is 13.2 Å². The molecule has 2 rings (SSSR count). The van der Waals surface area contributed by atoms with Gasteiger partial charge in [0.1, 0.15) is 5.82 Å². The van der Waals surface area contributed by atoms with E-state index in [2.05, 4.69) is 4.98 Å². The molecule has 2 aromatic rings. The van der Waals surface area contributed by atoms with Crippen molar-refractivity contribution in [1.29, 1.82) is 0 Å². The SMILES string of the molecule is CCCn1c(CN(C)CCC(F)(F)F)nc2cc(S(=O)(=O)N(C)C)ccc21. The smallest absolute Gasteiger partial charge is 0.327 e. The van der Waals surface area contributed by atoms with Crippen LogP contribution in [0.3, 0.4) is 0 Å². The highest BCUT2D eigenvalue weighted by atomic mass is 32.2. The summed E-state index contributed by atoms with van der Waals surface area (Å²) in [5.41, 5.74) is 1.29. The highest BCUT2D eigenvalue weighted by Gasteiger charge is 2.27. The first kappa shape index (κ1) is 21.6. The largest absolute Gasteiger partial charge is 0.390 e. The lowest BCUT2D eigenvalue weighted by Crippen LogP contribution is -2.25. The monoisotopic (exact) mass is 406 g/mol. The average Bonchev–Trinajstić information content (AvgIpc) is 2.89. The predicted octanol–water partition coefficient (Wildman–Crippen LogP) is 3.08. The van der Waals surface area contributed by atoms with E-state index >= 15 is 0 Å². The molecular formula is C17H25F3N4O2S. The lowest BCUT2D eigenvalue weighted by Gasteiger charge is -2.18. The zero-order chi connectivity index (χ0) is 20.4. The second-order valence-electron chi connectivity index (χ2n) is 6.72. The molecule has 152 valence electrons. The van der Waals surface area contributed by atoms with Crippen LogP contribution < -0.4 is 0 Å². The summed E-state index contributed by atoms with van der Waals surface area (Å²) < 4.78 is 65.0. The third kappa shape index (κ3) is 5.20. The Hall–Kier alpha value is -1.65. The van der Waals surface area contributed by atoms with Gasteiger partial charge in [-0.15, -0.1) is 0 Å². The van der Waals surface area contributed by atoms with Crippen LogP contribution in [0.15, 0.2) is 23.1 Å². The summed E-state index contributed by atoms with van der Waals surface area (Å²) in [5.74, 6) is 0.621. The maximum atomic E-state index is 12.4. The summed E-state index contributed by atoms with van der Waals surface area (Å²) in [6.45, 7) is 2.77. The first-order valence-electron chi connectivity index (χ1n) is 8.62. The zero-order valence-corrected chi connectivity index (χ0v) is 16.7. The molecule has 0 aliphatic rings. The van der Waals surface area contributed by atoms with E-state index in [1.54, 1.807) is 18.0 Å². The molecule has 0 N–H and O–H groups in total. The van der Waals surface area contributed by atoms with Crippen molar-refractivity contribution in [3.05, 3.63) is 24.0 Å². The molecule has 0 radical (unpaired) electrons. The molecule has 0 spiro atoms. The third-order valence-electron chi connectivity index (χ3n) is 4.21. The number of aryl methyl sites for hydroxylation is 1. The lowest BCUT2D eigenvalue weighted by atomic mass is 10.3. The van der Waals surface area contributed by atoms with E-state index < -0.39 is 22.6 Å². The van der Waals surface area contributed by atoms with Crippen LogP contribution in [0.5, 0.6) is 0 Å². The average molecular weight is 406 g/mol. The van der Waals surface area contributed by atoms with Gasteiger partial charge in [0.25, 0.3) is 0 Å². The summed E-state index contributed by atoms with van der Waals surface area (Å²) in [4.78, 5) is 6.21. The fraction of sp³-hybridized carbons (Fsp3) is 0.588. The molecule has 0 bridgehead atoms. The Morgan fingerprint density at radius 1 is 1.19 bits per heavy atom. The summed E-state index contributed by atoms with van der Waals surface area (Å²) in [7, 11) is 0.940. The van der Waals surface area contributed by atoms with Crippen LogP contribution in [0.1, 0.15) is 25.6 Å². The Labute approximate surface area is 157 Å². The molecule has 0 aliphatic heterocycles. The molecule has 0 amide bonds. The highest BCUT2D eigenvalue weighted by Crippen LogP contribution is 2.24. The number of sulfonamides is 1. The van der Waals surface area contributed by atoms with Crippen molar-refractivity contribution in [3.8, 4) is 0 Å². The number of benzene rings is 1. The summed E-state index contributed by atoms with van der Waals surface area (Å²) in [6, 6.07) is 4.74. The van der Waals surface area contributed by atoms with Crippen molar-refractivity contribution < 1.29 is 21.6 Å². The van der Waals surface area contributed by atoms with Crippen LogP contribution in [0.2, 0.25) is 0 Å². The van der Waals surface area contributed by atoms with Crippen LogP contribution in [-0.2, 0) is 23.1 Å². The fourth-order valence-electron chi connectivity index (χ4n) is 2.76. The predicted molar refractivity (Wildman–Crippen MR) is 97.9 cm³/mol. The minimum Gasteiger partial charge on any atom is -0.327 e. The molecule has 27 heavy (non-hydrogen) atoms. The van der Waals surface area contributed by atoms with Gasteiger partial charge in [0, 0.05) is 27.2 Å². The number of hydrogen-bond donors (Lipinski definition) is 0. The number of aromatic nitrogens is 2. The van der Waals surface area contributed by atoms with Crippen molar-refractivity contribution in [2.24, 2.45) is 0 Å². The molecule has 1 heterocycles. The molecular weight excluding hydrogens is 381 g/mol. The van der Waals surface area contributed by atoms with Crippen molar-refractivity contribution >= 4 is 21.1 Å². The van der Waals surface area contributed by atoms with Gasteiger partial charge in [0.2, 0.25) is 10.0 Å². The fourth-order valence-corrected chi connectivity index (χ4v) is 3.68. The van der Waals surface area contributed by atoms with Crippen LogP contribution in [0, 0.1) is 0 Å². The van der Waals surface area contributed by atoms with Gasteiger partial charge in [-0.05, 0) is 31.7 Å². The normalized spacial score (nSPS) is 13.2. The first-order valence-corrected chi connectivity index (χ1v) is 10.1. The molecule has 0 unspecified atom stereocenters. The Balaban J connectivity index is 2.37. The van der Waals surface area contributed by atoms with Crippen molar-refractivity contribution in [2.45, 2.75) is 43.9 Å². The second-order valence-corrected chi connectivity index (χ2v) is 8.87. The van der Waals surface area contributed by atoms with E-state index in [0.717, 1.165) is 16.2 Å². The first-order chi connectivity index (χ1) is 12.5. The quantitative estimate of drug-likeness (QED) is 0.676. The number of nitrogens with zero attached hydrogens (tertiary/aromatic N) is 4. The van der Waals surface area contributed by atoms with E-state index in [1.165, 1.54) is 26.2 Å². The Kier molecular flexibility index (Phi) is 6.54. The van der Waals surface area contributed by atoms with Crippen molar-refractivity contribution in [1.82, 2.24) is 18.8 Å². The van der Waals surface area contributed by atoms with Gasteiger partial charge < -0.3 is 4.57 Å². The van der Waals surface area contributed by atoms with E-state index in [9.17, 15) is 21.6 Å². The number of halogens is 3. The van der Waals surface area contributed by atoms with Gasteiger partial charge >= 0.3 is 6.18 Å². The number of rotatable bonds is 8. The minimum atomic E-state index is -4.20. The lowest BCUT2D eigenvalue weighted by molar-refractivity contribution is -0.137. The molecule has 10 heteroatoms. The van der Waals surface area contributed by atoms with E-state index in [1.807, 2.05) is 11.5 Å². The standard InChI is InChI=1S/C17H25F3N4O2S/c1-5-9-24-15-7-6-13(27(25,26)22(2)3)11-14(15)21-16(24)12-23(4)10-8-17(18,19)20/h6-7,11H,5,8-10,12H2,1-4H3. The van der Waals surface area contributed by atoms with Crippen LogP contribution in [0.4, 0.5) is 13.2 Å². The number of imidazole rings is 1. The third-order valence-corrected chi connectivity index (χ3v) is 6.02. The molecule has 0 saturated carbocycles. The van der Waals surface area contributed by atoms with Gasteiger partial charge in [-0.1, -0.05) is 6.92 Å². The zero-order valence-electron chi connectivity index (χ0n) is 15.9. The molecule has 0 fully saturated rings. The summed E-state index contributed by atoms with van der Waals surface area (Å²) in [5, 5.41) is 0. The summed E-state index contributed by atoms with van der Waals surface area (Å²) in [6.07, 6.45) is -4.27. The minimum absolute atomic E-state index is 0.126. The van der Waals surface area contributed by atoms with E-state index in [-0.39, 0.29) is 18.0 Å². The Morgan fingerprint density at radius 2 is 1.85 bits per heavy atom. The highest BCUT2D eigenvalue weighted by molar-refractivity contribution is 7.89. The van der Waals surface area contributed by atoms with Gasteiger partial charge in [0.05, 0.1) is 28.9 Å². The van der Waals surface area contributed by atoms with Crippen LogP contribution in [-0.4, -0.2) is 61.0 Å². The van der Waals surface area contributed by atoms with Crippen molar-refractivity contribution in [3.63, 3.8) is 0 Å². The van der Waals surface area contributed by atoms with Crippen molar-refractivity contribution in [2.75, 3.05) is 27.7 Å². The Morgan fingerprint density at radius 3 is 2.41 bits per heavy atom. The Bertz CT molecular complexity index is 891. The molecule has 0 aliphatic carbocycles. The molecule has 6 nitrogen and oxygen atoms in total. The maximum Gasteiger partial charge on any atom is 0.390 e. The number of alkyl halides is 3. The maximum absolute atomic E-state index is 12.4.